The summed E-state index contributed by atoms with van der Waals surface area (Å²) in [7, 11) is -3.94. The number of halogens is 2. The van der Waals surface area contributed by atoms with Crippen molar-refractivity contribution < 1.29 is 17.0 Å². The van der Waals surface area contributed by atoms with E-state index in [-0.39, 0.29) is 5.75 Å². The predicted molar refractivity (Wildman–Crippen MR) is 76.4 cm³/mol. The summed E-state index contributed by atoms with van der Waals surface area (Å²) in [6.45, 7) is 0. The Morgan fingerprint density at radius 2 is 1.80 bits per heavy atom. The van der Waals surface area contributed by atoms with E-state index >= 15 is 0 Å². The fraction of sp³-hybridized carbons (Fsp3) is 0. The average molecular weight is 313 g/mol. The largest absolute Gasteiger partial charge is 0.379 e. The van der Waals surface area contributed by atoms with Crippen LogP contribution >= 0.6 is 11.6 Å². The lowest BCUT2D eigenvalue weighted by Gasteiger charge is -2.03. The molecule has 104 valence electrons. The first-order valence-corrected chi connectivity index (χ1v) is 7.43. The van der Waals surface area contributed by atoms with Gasteiger partial charge in [-0.15, -0.1) is 0 Å². The van der Waals surface area contributed by atoms with Crippen molar-refractivity contribution in [1.29, 1.82) is 0 Å². The Morgan fingerprint density at radius 1 is 1.10 bits per heavy atom. The summed E-state index contributed by atoms with van der Waals surface area (Å²) in [5.41, 5.74) is 0.654. The quantitative estimate of drug-likeness (QED) is 0.805. The molecular formula is C14H10ClFO3S. The molecular weight excluding hydrogens is 303 g/mol. The molecule has 3 nitrogen and oxygen atoms in total. The van der Waals surface area contributed by atoms with E-state index in [9.17, 15) is 12.8 Å². The summed E-state index contributed by atoms with van der Waals surface area (Å²) in [6.07, 6.45) is 1.37. The standard InChI is InChI=1S/C14H10ClFO3S/c15-12-6-4-11(5-7-12)8-9-20(17,18)19-14-3-1-2-13(16)10-14/h1-10H/b9-8+. The second kappa shape index (κ2) is 6.07. The van der Waals surface area contributed by atoms with Gasteiger partial charge in [-0.3, -0.25) is 0 Å². The van der Waals surface area contributed by atoms with E-state index in [1.807, 2.05) is 0 Å². The molecule has 0 aliphatic rings. The van der Waals surface area contributed by atoms with Crippen LogP contribution in [0.3, 0.4) is 0 Å². The van der Waals surface area contributed by atoms with E-state index in [2.05, 4.69) is 0 Å². The minimum absolute atomic E-state index is 0.0780. The summed E-state index contributed by atoms with van der Waals surface area (Å²) < 4.78 is 41.1. The van der Waals surface area contributed by atoms with Crippen LogP contribution in [0.5, 0.6) is 5.75 Å². The SMILES string of the molecule is O=S(=O)(/C=C/c1ccc(Cl)cc1)Oc1cccc(F)c1. The predicted octanol–water partition coefficient (Wildman–Crippen LogP) is 3.86. The molecule has 0 aliphatic heterocycles. The van der Waals surface area contributed by atoms with Crippen LogP contribution in [-0.4, -0.2) is 8.42 Å². The summed E-state index contributed by atoms with van der Waals surface area (Å²) in [5, 5.41) is 1.46. The third-order valence-electron chi connectivity index (χ3n) is 2.31. The topological polar surface area (TPSA) is 43.4 Å². The smallest absolute Gasteiger partial charge is 0.332 e. The first-order valence-electron chi connectivity index (χ1n) is 5.58. The molecule has 0 atom stereocenters. The molecule has 0 aliphatic carbocycles. The van der Waals surface area contributed by atoms with Gasteiger partial charge in [0.05, 0.1) is 5.41 Å². The first-order chi connectivity index (χ1) is 9.44. The monoisotopic (exact) mass is 312 g/mol. The molecule has 0 fully saturated rings. The second-order valence-corrected chi connectivity index (χ2v) is 5.75. The molecule has 0 N–H and O–H groups in total. The number of hydrogen-bond donors (Lipinski definition) is 0. The molecule has 0 heterocycles. The Balaban J connectivity index is 2.13. The number of benzene rings is 2. The highest BCUT2D eigenvalue weighted by molar-refractivity contribution is 7.90. The van der Waals surface area contributed by atoms with Gasteiger partial charge in [0.15, 0.2) is 0 Å². The summed E-state index contributed by atoms with van der Waals surface area (Å²) in [4.78, 5) is 0. The van der Waals surface area contributed by atoms with E-state index in [1.165, 1.54) is 24.3 Å². The molecule has 0 spiro atoms. The zero-order valence-corrected chi connectivity index (χ0v) is 11.7. The maximum Gasteiger partial charge on any atom is 0.332 e. The van der Waals surface area contributed by atoms with Gasteiger partial charge in [0.25, 0.3) is 0 Å². The summed E-state index contributed by atoms with van der Waals surface area (Å²) >= 11 is 5.72. The average Bonchev–Trinajstić information content (AvgIpc) is 2.37. The molecule has 2 rings (SSSR count). The van der Waals surface area contributed by atoms with E-state index in [0.29, 0.717) is 10.6 Å². The van der Waals surface area contributed by atoms with Crippen LogP contribution in [0.2, 0.25) is 5.02 Å². The van der Waals surface area contributed by atoms with Crippen molar-refractivity contribution in [2.45, 2.75) is 0 Å². The van der Waals surface area contributed by atoms with Gasteiger partial charge in [0, 0.05) is 11.1 Å². The highest BCUT2D eigenvalue weighted by atomic mass is 35.5. The van der Waals surface area contributed by atoms with E-state index in [1.54, 1.807) is 24.3 Å². The van der Waals surface area contributed by atoms with Crippen molar-refractivity contribution in [2.24, 2.45) is 0 Å². The Morgan fingerprint density at radius 3 is 2.45 bits per heavy atom. The minimum atomic E-state index is -3.94. The molecule has 0 saturated carbocycles. The zero-order valence-electron chi connectivity index (χ0n) is 10.2. The molecule has 0 radical (unpaired) electrons. The Hall–Kier alpha value is -1.85. The lowest BCUT2D eigenvalue weighted by atomic mass is 10.2. The molecule has 6 heteroatoms. The lowest BCUT2D eigenvalue weighted by molar-refractivity contribution is 0.493. The van der Waals surface area contributed by atoms with Gasteiger partial charge in [0.1, 0.15) is 11.6 Å². The Labute approximate surface area is 121 Å². The minimum Gasteiger partial charge on any atom is -0.379 e. The summed E-state index contributed by atoms with van der Waals surface area (Å²) in [6, 6.07) is 11.5. The van der Waals surface area contributed by atoms with Crippen LogP contribution in [0, 0.1) is 5.82 Å². The van der Waals surface area contributed by atoms with Crippen molar-refractivity contribution in [3.05, 3.63) is 70.3 Å². The molecule has 0 aromatic heterocycles. The fourth-order valence-corrected chi connectivity index (χ4v) is 2.29. The van der Waals surface area contributed by atoms with Crippen LogP contribution in [-0.2, 0) is 10.1 Å². The lowest BCUT2D eigenvalue weighted by Crippen LogP contribution is -2.05. The zero-order chi connectivity index (χ0) is 14.6. The molecule has 2 aromatic rings. The van der Waals surface area contributed by atoms with Crippen molar-refractivity contribution in [3.8, 4) is 5.75 Å². The molecule has 2 aromatic carbocycles. The third-order valence-corrected chi connectivity index (χ3v) is 3.45. The first kappa shape index (κ1) is 14.6. The fourth-order valence-electron chi connectivity index (χ4n) is 1.42. The van der Waals surface area contributed by atoms with Gasteiger partial charge in [0.2, 0.25) is 0 Å². The Kier molecular flexibility index (Phi) is 4.42. The van der Waals surface area contributed by atoms with Gasteiger partial charge >= 0.3 is 10.1 Å². The molecule has 0 saturated heterocycles. The molecule has 0 unspecified atom stereocenters. The van der Waals surface area contributed by atoms with E-state index in [4.69, 9.17) is 15.8 Å². The van der Waals surface area contributed by atoms with Crippen molar-refractivity contribution >= 4 is 27.8 Å². The van der Waals surface area contributed by atoms with Crippen LogP contribution in [0.25, 0.3) is 6.08 Å². The maximum atomic E-state index is 12.9. The van der Waals surface area contributed by atoms with Gasteiger partial charge in [-0.2, -0.15) is 8.42 Å². The maximum absolute atomic E-state index is 12.9. The van der Waals surface area contributed by atoms with Crippen LogP contribution in [0.15, 0.2) is 53.9 Å². The molecule has 0 amide bonds. The third kappa shape index (κ3) is 4.36. The highest BCUT2D eigenvalue weighted by Crippen LogP contribution is 2.16. The molecule has 0 bridgehead atoms. The summed E-state index contributed by atoms with van der Waals surface area (Å²) in [5.74, 6) is -0.648. The van der Waals surface area contributed by atoms with Gasteiger partial charge in [-0.05, 0) is 35.9 Å². The number of hydrogen-bond acceptors (Lipinski definition) is 3. The van der Waals surface area contributed by atoms with Crippen LogP contribution < -0.4 is 4.18 Å². The highest BCUT2D eigenvalue weighted by Gasteiger charge is 2.08. The van der Waals surface area contributed by atoms with Gasteiger partial charge < -0.3 is 4.18 Å². The van der Waals surface area contributed by atoms with Gasteiger partial charge in [-0.25, -0.2) is 4.39 Å². The van der Waals surface area contributed by atoms with Crippen LogP contribution in [0.1, 0.15) is 5.56 Å². The second-order valence-electron chi connectivity index (χ2n) is 3.89. The van der Waals surface area contributed by atoms with E-state index in [0.717, 1.165) is 11.5 Å². The van der Waals surface area contributed by atoms with Gasteiger partial charge in [-0.1, -0.05) is 29.8 Å². The normalized spacial score (nSPS) is 11.7. The van der Waals surface area contributed by atoms with Crippen LogP contribution in [0.4, 0.5) is 4.39 Å². The Bertz CT molecular complexity index is 724. The number of rotatable bonds is 4. The van der Waals surface area contributed by atoms with Crippen molar-refractivity contribution in [1.82, 2.24) is 0 Å². The van der Waals surface area contributed by atoms with Crippen molar-refractivity contribution in [2.75, 3.05) is 0 Å². The van der Waals surface area contributed by atoms with E-state index < -0.39 is 15.9 Å². The van der Waals surface area contributed by atoms with Crippen molar-refractivity contribution in [3.63, 3.8) is 0 Å². The molecule has 20 heavy (non-hydrogen) atoms.